The number of fused-ring (bicyclic) bond motifs is 1. The van der Waals surface area contributed by atoms with Gasteiger partial charge in [0, 0.05) is 34.6 Å². The van der Waals surface area contributed by atoms with E-state index < -0.39 is 0 Å². The van der Waals surface area contributed by atoms with E-state index in [0.717, 1.165) is 47.1 Å². The molecule has 1 heterocycles. The highest BCUT2D eigenvalue weighted by atomic mass is 79.9. The highest BCUT2D eigenvalue weighted by molar-refractivity contribution is 9.10. The number of aliphatic hydroxyl groups excluding tert-OH is 1. The minimum Gasteiger partial charge on any atom is -0.396 e. The average molecular weight is 452 g/mol. The van der Waals surface area contributed by atoms with E-state index >= 15 is 0 Å². The van der Waals surface area contributed by atoms with Gasteiger partial charge in [-0.25, -0.2) is 4.79 Å². The van der Waals surface area contributed by atoms with Crippen LogP contribution in [0.15, 0.2) is 38.6 Å². The smallest absolute Gasteiger partial charge is 0.348 e. The number of hydrogen-bond acceptors (Lipinski definition) is 5. The third-order valence-electron chi connectivity index (χ3n) is 4.46. The number of aliphatic hydroxyl groups is 1. The number of amides is 1. The molecule has 3 rings (SSSR count). The number of nitrogens with one attached hydrogen (secondary N) is 1. The first-order valence-corrected chi connectivity index (χ1v) is 10.8. The van der Waals surface area contributed by atoms with Gasteiger partial charge >= 0.3 is 5.69 Å². The fourth-order valence-electron chi connectivity index (χ4n) is 3.19. The van der Waals surface area contributed by atoms with E-state index in [1.165, 1.54) is 11.8 Å². The first-order chi connectivity index (χ1) is 13.1. The maximum Gasteiger partial charge on any atom is 0.348 e. The van der Waals surface area contributed by atoms with Crippen molar-refractivity contribution < 1.29 is 9.90 Å². The summed E-state index contributed by atoms with van der Waals surface area (Å²) >= 11 is 4.68. The molecule has 0 aliphatic heterocycles. The lowest BCUT2D eigenvalue weighted by Gasteiger charge is -2.22. The van der Waals surface area contributed by atoms with Gasteiger partial charge < -0.3 is 10.4 Å². The lowest BCUT2D eigenvalue weighted by atomic mass is 9.97. The predicted molar refractivity (Wildman–Crippen MR) is 110 cm³/mol. The molecule has 144 valence electrons. The maximum absolute atomic E-state index is 12.4. The van der Waals surface area contributed by atoms with Crippen LogP contribution in [0.2, 0.25) is 0 Å². The molecule has 27 heavy (non-hydrogen) atoms. The molecular formula is C19H22BrN3O3S. The first-order valence-electron chi connectivity index (χ1n) is 9.00. The van der Waals surface area contributed by atoms with Gasteiger partial charge in [0.15, 0.2) is 0 Å². The largest absolute Gasteiger partial charge is 0.396 e. The van der Waals surface area contributed by atoms with E-state index in [9.17, 15) is 9.59 Å². The monoisotopic (exact) mass is 451 g/mol. The van der Waals surface area contributed by atoms with Crippen molar-refractivity contribution in [3.8, 4) is 0 Å². The molecule has 0 atom stereocenters. The highest BCUT2D eigenvalue weighted by Gasteiger charge is 2.21. The number of carbonyl (C=O) groups excluding carboxylic acids is 1. The lowest BCUT2D eigenvalue weighted by Crippen LogP contribution is -2.30. The van der Waals surface area contributed by atoms with Crippen molar-refractivity contribution in [1.82, 2.24) is 9.55 Å². The number of carbonyl (C=O) groups is 1. The Hall–Kier alpha value is -1.64. The molecular weight excluding hydrogens is 430 g/mol. The second-order valence-corrected chi connectivity index (χ2v) is 8.28. The Balaban J connectivity index is 1.72. The standard InChI is InChI=1S/C19H22BrN3O3S/c20-13-6-8-14(9-7-13)21-17(25)12-27-18-15-4-1-2-5-16(15)23(10-3-11-24)19(26)22-18/h6-9,24H,1-5,10-12H2,(H,21,25). The molecule has 0 saturated heterocycles. The van der Waals surface area contributed by atoms with Crippen molar-refractivity contribution in [1.29, 1.82) is 0 Å². The third kappa shape index (κ3) is 5.21. The minimum absolute atomic E-state index is 0.0495. The van der Waals surface area contributed by atoms with Crippen LogP contribution in [0.25, 0.3) is 0 Å². The van der Waals surface area contributed by atoms with Crippen molar-refractivity contribution in [2.24, 2.45) is 0 Å². The van der Waals surface area contributed by atoms with E-state index in [1.54, 1.807) is 4.57 Å². The van der Waals surface area contributed by atoms with Crippen LogP contribution in [0.3, 0.4) is 0 Å². The van der Waals surface area contributed by atoms with Crippen LogP contribution >= 0.6 is 27.7 Å². The van der Waals surface area contributed by atoms with Crippen LogP contribution in [0.4, 0.5) is 5.69 Å². The summed E-state index contributed by atoms with van der Waals surface area (Å²) in [4.78, 5) is 28.9. The Labute approximate surface area is 170 Å². The molecule has 0 radical (unpaired) electrons. The van der Waals surface area contributed by atoms with Crippen molar-refractivity contribution >= 4 is 39.3 Å². The van der Waals surface area contributed by atoms with Gasteiger partial charge in [0.2, 0.25) is 5.91 Å². The first kappa shape index (κ1) is 20.1. The Morgan fingerprint density at radius 3 is 2.74 bits per heavy atom. The van der Waals surface area contributed by atoms with Crippen LogP contribution in [-0.4, -0.2) is 32.9 Å². The fourth-order valence-corrected chi connectivity index (χ4v) is 4.33. The zero-order valence-electron chi connectivity index (χ0n) is 14.9. The van der Waals surface area contributed by atoms with Crippen molar-refractivity contribution in [2.45, 2.75) is 43.7 Å². The summed E-state index contributed by atoms with van der Waals surface area (Å²) in [6.07, 6.45) is 4.36. The summed E-state index contributed by atoms with van der Waals surface area (Å²) in [5, 5.41) is 12.6. The normalized spacial score (nSPS) is 13.3. The van der Waals surface area contributed by atoms with Crippen molar-refractivity contribution in [2.75, 3.05) is 17.7 Å². The van der Waals surface area contributed by atoms with Crippen molar-refractivity contribution in [3.63, 3.8) is 0 Å². The Morgan fingerprint density at radius 1 is 1.26 bits per heavy atom. The van der Waals surface area contributed by atoms with Gasteiger partial charge in [-0.2, -0.15) is 4.98 Å². The summed E-state index contributed by atoms with van der Waals surface area (Å²) in [5.74, 6) is 0.0772. The molecule has 6 nitrogen and oxygen atoms in total. The van der Waals surface area contributed by atoms with E-state index in [2.05, 4.69) is 26.2 Å². The minimum atomic E-state index is -0.292. The Bertz CT molecular complexity index is 868. The van der Waals surface area contributed by atoms with Gasteiger partial charge in [-0.3, -0.25) is 9.36 Å². The zero-order chi connectivity index (χ0) is 19.2. The van der Waals surface area contributed by atoms with Gasteiger partial charge in [-0.05, 0) is 56.4 Å². The highest BCUT2D eigenvalue weighted by Crippen LogP contribution is 2.28. The summed E-state index contributed by atoms with van der Waals surface area (Å²) in [6, 6.07) is 7.39. The number of thioether (sulfide) groups is 1. The third-order valence-corrected chi connectivity index (χ3v) is 6.00. The van der Waals surface area contributed by atoms with Gasteiger partial charge in [0.1, 0.15) is 5.03 Å². The van der Waals surface area contributed by atoms with E-state index in [1.807, 2.05) is 24.3 Å². The Morgan fingerprint density at radius 2 is 2.00 bits per heavy atom. The fraction of sp³-hybridized carbons (Fsp3) is 0.421. The number of anilines is 1. The number of benzene rings is 1. The van der Waals surface area contributed by atoms with Crippen LogP contribution in [0.5, 0.6) is 0 Å². The summed E-state index contributed by atoms with van der Waals surface area (Å²) < 4.78 is 2.64. The van der Waals surface area contributed by atoms with Crippen molar-refractivity contribution in [3.05, 3.63) is 50.5 Å². The van der Waals surface area contributed by atoms with Gasteiger partial charge in [0.25, 0.3) is 0 Å². The molecule has 1 aliphatic rings. The molecule has 0 spiro atoms. The van der Waals surface area contributed by atoms with E-state index in [0.29, 0.717) is 18.0 Å². The quantitative estimate of drug-likeness (QED) is 0.499. The molecule has 0 fully saturated rings. The molecule has 1 aliphatic carbocycles. The SMILES string of the molecule is O=C(CSc1nc(=O)n(CCCO)c2c1CCCC2)Nc1ccc(Br)cc1. The molecule has 0 saturated carbocycles. The van der Waals surface area contributed by atoms with Gasteiger partial charge in [-0.1, -0.05) is 27.7 Å². The molecule has 1 aromatic carbocycles. The lowest BCUT2D eigenvalue weighted by molar-refractivity contribution is -0.113. The zero-order valence-corrected chi connectivity index (χ0v) is 17.3. The topological polar surface area (TPSA) is 84.2 Å². The molecule has 2 aromatic rings. The molecule has 8 heteroatoms. The van der Waals surface area contributed by atoms with Crippen LogP contribution in [-0.2, 0) is 24.2 Å². The van der Waals surface area contributed by atoms with Crippen LogP contribution in [0, 0.1) is 0 Å². The van der Waals surface area contributed by atoms with Gasteiger partial charge in [0.05, 0.1) is 5.75 Å². The maximum atomic E-state index is 12.4. The van der Waals surface area contributed by atoms with E-state index in [-0.39, 0.29) is 24.0 Å². The van der Waals surface area contributed by atoms with E-state index in [4.69, 9.17) is 5.11 Å². The summed E-state index contributed by atoms with van der Waals surface area (Å²) in [5.41, 5.74) is 2.55. The van der Waals surface area contributed by atoms with Gasteiger partial charge in [-0.15, -0.1) is 0 Å². The average Bonchev–Trinajstić information content (AvgIpc) is 2.67. The van der Waals surface area contributed by atoms with Crippen LogP contribution in [0.1, 0.15) is 30.5 Å². The van der Waals surface area contributed by atoms with Crippen LogP contribution < -0.4 is 11.0 Å². The number of hydrogen-bond donors (Lipinski definition) is 2. The number of rotatable bonds is 7. The Kier molecular flexibility index (Phi) is 7.09. The molecule has 2 N–H and O–H groups in total. The summed E-state index contributed by atoms with van der Waals surface area (Å²) in [7, 11) is 0. The second-order valence-electron chi connectivity index (χ2n) is 6.40. The summed E-state index contributed by atoms with van der Waals surface area (Å²) in [6.45, 7) is 0.535. The molecule has 1 amide bonds. The number of nitrogens with zero attached hydrogens (tertiary/aromatic N) is 2. The second kappa shape index (κ2) is 9.52. The predicted octanol–water partition coefficient (Wildman–Crippen LogP) is 3.00. The molecule has 0 unspecified atom stereocenters. The number of halogens is 1. The molecule has 0 bridgehead atoms. The molecule has 1 aromatic heterocycles. The number of aromatic nitrogens is 2.